The molecule has 0 fully saturated rings. The highest BCUT2D eigenvalue weighted by molar-refractivity contribution is 6.30. The quantitative estimate of drug-likeness (QED) is 0.728. The largest absolute Gasteiger partial charge is 0.392 e. The van der Waals surface area contributed by atoms with Crippen molar-refractivity contribution in [2.24, 2.45) is 5.16 Å². The molecule has 0 aliphatic carbocycles. The molecule has 0 spiro atoms. The van der Waals surface area contributed by atoms with E-state index in [4.69, 9.17) is 16.4 Å². The van der Waals surface area contributed by atoms with Crippen molar-refractivity contribution in [3.8, 4) is 0 Å². The van der Waals surface area contributed by atoms with E-state index in [2.05, 4.69) is 15.5 Å². The fourth-order valence-electron chi connectivity index (χ4n) is 3.19. The van der Waals surface area contributed by atoms with Gasteiger partial charge in [0.2, 0.25) is 0 Å². The zero-order valence-corrected chi connectivity index (χ0v) is 15.3. The summed E-state index contributed by atoms with van der Waals surface area (Å²) in [5.41, 5.74) is 2.34. The molecule has 1 aliphatic heterocycles. The maximum Gasteiger partial charge on any atom is 0.270 e. The highest BCUT2D eigenvalue weighted by Gasteiger charge is 2.22. The SMILES string of the molecule is O=C(NCC1=NOC(Cc2cccc(Cl)c2)C1)c1nccc2ccccc12. The second-order valence-electron chi connectivity index (χ2n) is 6.49. The fraction of sp³-hybridized carbons (Fsp3) is 0.190. The molecule has 0 saturated heterocycles. The second kappa shape index (κ2) is 7.76. The number of aromatic nitrogens is 1. The van der Waals surface area contributed by atoms with E-state index >= 15 is 0 Å². The number of hydrogen-bond donors (Lipinski definition) is 1. The van der Waals surface area contributed by atoms with Crippen LogP contribution in [0.1, 0.15) is 22.5 Å². The monoisotopic (exact) mass is 379 g/mol. The summed E-state index contributed by atoms with van der Waals surface area (Å²) in [5.74, 6) is -0.215. The summed E-state index contributed by atoms with van der Waals surface area (Å²) in [6, 6.07) is 17.3. The molecule has 1 aliphatic rings. The van der Waals surface area contributed by atoms with Crippen LogP contribution in [0.5, 0.6) is 0 Å². The third-order valence-electron chi connectivity index (χ3n) is 4.49. The first-order valence-corrected chi connectivity index (χ1v) is 9.15. The number of carbonyl (C=O) groups is 1. The standard InChI is InChI=1S/C21H18ClN3O2/c22-16-6-3-4-14(10-16)11-18-12-17(25-27-18)13-24-21(26)20-19-7-2-1-5-15(19)8-9-23-20/h1-10,18H,11-13H2,(H,24,26). The maximum atomic E-state index is 12.5. The van der Waals surface area contributed by atoms with Crippen LogP contribution >= 0.6 is 11.6 Å². The van der Waals surface area contributed by atoms with Gasteiger partial charge < -0.3 is 10.2 Å². The minimum absolute atomic E-state index is 0.0361. The third kappa shape index (κ3) is 4.09. The van der Waals surface area contributed by atoms with Crippen LogP contribution in [0.3, 0.4) is 0 Å². The number of amides is 1. The number of halogens is 1. The van der Waals surface area contributed by atoms with Crippen LogP contribution in [0.4, 0.5) is 0 Å². The van der Waals surface area contributed by atoms with E-state index in [0.29, 0.717) is 23.7 Å². The number of nitrogens with one attached hydrogen (secondary N) is 1. The molecule has 2 aromatic carbocycles. The summed E-state index contributed by atoms with van der Waals surface area (Å²) < 4.78 is 0. The summed E-state index contributed by atoms with van der Waals surface area (Å²) in [7, 11) is 0. The van der Waals surface area contributed by atoms with Crippen molar-refractivity contribution >= 4 is 34.0 Å². The van der Waals surface area contributed by atoms with Gasteiger partial charge in [-0.1, -0.05) is 53.2 Å². The highest BCUT2D eigenvalue weighted by Crippen LogP contribution is 2.19. The van der Waals surface area contributed by atoms with Gasteiger partial charge in [-0.05, 0) is 29.1 Å². The summed E-state index contributed by atoms with van der Waals surface area (Å²) in [6.07, 6.45) is 3.02. The first-order valence-electron chi connectivity index (χ1n) is 8.77. The zero-order chi connectivity index (χ0) is 18.6. The summed E-state index contributed by atoms with van der Waals surface area (Å²) in [4.78, 5) is 22.3. The molecule has 2 heterocycles. The molecule has 0 saturated carbocycles. The summed E-state index contributed by atoms with van der Waals surface area (Å²) in [6.45, 7) is 0.343. The van der Waals surface area contributed by atoms with Gasteiger partial charge in [-0.15, -0.1) is 0 Å². The van der Waals surface area contributed by atoms with Crippen LogP contribution in [-0.4, -0.2) is 29.3 Å². The Balaban J connectivity index is 1.34. The van der Waals surface area contributed by atoms with Crippen molar-refractivity contribution in [2.75, 3.05) is 6.54 Å². The van der Waals surface area contributed by atoms with Crippen molar-refractivity contribution in [1.29, 1.82) is 0 Å². The fourth-order valence-corrected chi connectivity index (χ4v) is 3.41. The summed E-state index contributed by atoms with van der Waals surface area (Å²) in [5, 5.41) is 9.54. The van der Waals surface area contributed by atoms with Crippen LogP contribution in [0.15, 0.2) is 65.9 Å². The molecule has 1 N–H and O–H groups in total. The molecule has 0 radical (unpaired) electrons. The van der Waals surface area contributed by atoms with Gasteiger partial charge in [-0.25, -0.2) is 0 Å². The van der Waals surface area contributed by atoms with Gasteiger partial charge >= 0.3 is 0 Å². The topological polar surface area (TPSA) is 63.6 Å². The van der Waals surface area contributed by atoms with Gasteiger partial charge in [0.1, 0.15) is 11.8 Å². The number of benzene rings is 2. The van der Waals surface area contributed by atoms with E-state index < -0.39 is 0 Å². The van der Waals surface area contributed by atoms with Crippen molar-refractivity contribution in [3.05, 3.63) is 77.1 Å². The number of hydrogen-bond acceptors (Lipinski definition) is 4. The molecule has 1 atom stereocenters. The van der Waals surface area contributed by atoms with Crippen LogP contribution < -0.4 is 5.32 Å². The minimum atomic E-state index is -0.215. The third-order valence-corrected chi connectivity index (χ3v) is 4.72. The van der Waals surface area contributed by atoms with E-state index in [9.17, 15) is 4.79 Å². The lowest BCUT2D eigenvalue weighted by atomic mass is 10.0. The highest BCUT2D eigenvalue weighted by atomic mass is 35.5. The average molecular weight is 380 g/mol. The number of oxime groups is 1. The Bertz CT molecular complexity index is 1010. The van der Waals surface area contributed by atoms with Crippen LogP contribution in [0.2, 0.25) is 5.02 Å². The Labute approximate surface area is 162 Å². The molecule has 5 nitrogen and oxygen atoms in total. The number of nitrogens with zero attached hydrogens (tertiary/aromatic N) is 2. The van der Waals surface area contributed by atoms with Gasteiger partial charge in [0.15, 0.2) is 0 Å². The van der Waals surface area contributed by atoms with Crippen LogP contribution in [0, 0.1) is 0 Å². The Kier molecular flexibility index (Phi) is 5.03. The Hall–Kier alpha value is -2.92. The van der Waals surface area contributed by atoms with Crippen LogP contribution in [-0.2, 0) is 11.3 Å². The van der Waals surface area contributed by atoms with Crippen molar-refractivity contribution in [2.45, 2.75) is 18.9 Å². The van der Waals surface area contributed by atoms with E-state index in [1.54, 1.807) is 6.20 Å². The molecular weight excluding hydrogens is 362 g/mol. The van der Waals surface area contributed by atoms with E-state index in [-0.39, 0.29) is 12.0 Å². The number of fused-ring (bicyclic) bond motifs is 1. The molecule has 1 amide bonds. The van der Waals surface area contributed by atoms with Gasteiger partial charge in [-0.2, -0.15) is 0 Å². The number of pyridine rings is 1. The maximum absolute atomic E-state index is 12.5. The van der Waals surface area contributed by atoms with Crippen molar-refractivity contribution < 1.29 is 9.63 Å². The average Bonchev–Trinajstić information content (AvgIpc) is 3.13. The van der Waals surface area contributed by atoms with Gasteiger partial charge in [0.05, 0.1) is 12.3 Å². The number of carbonyl (C=O) groups excluding carboxylic acids is 1. The molecule has 0 bridgehead atoms. The first-order chi connectivity index (χ1) is 13.2. The molecule has 6 heteroatoms. The van der Waals surface area contributed by atoms with E-state index in [1.807, 2.05) is 54.6 Å². The Morgan fingerprint density at radius 2 is 2.07 bits per heavy atom. The van der Waals surface area contributed by atoms with E-state index in [1.165, 1.54) is 0 Å². The molecule has 1 aromatic heterocycles. The Morgan fingerprint density at radius 1 is 1.19 bits per heavy atom. The predicted octanol–water partition coefficient (Wildman–Crippen LogP) is 4.01. The molecular formula is C21H18ClN3O2. The first kappa shape index (κ1) is 17.5. The van der Waals surface area contributed by atoms with Gasteiger partial charge in [0.25, 0.3) is 5.91 Å². The molecule has 136 valence electrons. The smallest absolute Gasteiger partial charge is 0.270 e. The lowest BCUT2D eigenvalue weighted by Crippen LogP contribution is -2.30. The van der Waals surface area contributed by atoms with Gasteiger partial charge in [-0.3, -0.25) is 9.78 Å². The lowest BCUT2D eigenvalue weighted by molar-refractivity contribution is 0.0859. The minimum Gasteiger partial charge on any atom is -0.392 e. The molecule has 1 unspecified atom stereocenters. The zero-order valence-electron chi connectivity index (χ0n) is 14.6. The van der Waals surface area contributed by atoms with Crippen molar-refractivity contribution in [3.63, 3.8) is 0 Å². The lowest BCUT2D eigenvalue weighted by Gasteiger charge is -2.09. The molecule has 4 rings (SSSR count). The van der Waals surface area contributed by atoms with Crippen molar-refractivity contribution in [1.82, 2.24) is 10.3 Å². The Morgan fingerprint density at radius 3 is 2.96 bits per heavy atom. The normalized spacial score (nSPS) is 16.0. The number of rotatable bonds is 5. The molecule has 27 heavy (non-hydrogen) atoms. The van der Waals surface area contributed by atoms with E-state index in [0.717, 1.165) is 28.5 Å². The van der Waals surface area contributed by atoms with Crippen LogP contribution in [0.25, 0.3) is 10.8 Å². The predicted molar refractivity (Wildman–Crippen MR) is 106 cm³/mol. The second-order valence-corrected chi connectivity index (χ2v) is 6.92. The molecule has 3 aromatic rings. The summed E-state index contributed by atoms with van der Waals surface area (Å²) >= 11 is 6.02. The van der Waals surface area contributed by atoms with Gasteiger partial charge in [0, 0.05) is 29.4 Å².